The van der Waals surface area contributed by atoms with E-state index in [1.54, 1.807) is 7.11 Å². The fraction of sp³-hybridized carbons (Fsp3) is 0.625. The van der Waals surface area contributed by atoms with Crippen LogP contribution in [0.15, 0.2) is 18.2 Å². The zero-order valence-electron chi connectivity index (χ0n) is 12.2. The number of benzene rings is 1. The molecular weight excluding hydrogens is 254 g/mol. The highest BCUT2D eigenvalue weighted by Gasteiger charge is 2.27. The zero-order chi connectivity index (χ0) is 13.9. The van der Waals surface area contributed by atoms with E-state index in [0.717, 1.165) is 44.0 Å². The summed E-state index contributed by atoms with van der Waals surface area (Å²) in [4.78, 5) is 0. The molecule has 1 fully saturated rings. The third kappa shape index (κ3) is 2.91. The van der Waals surface area contributed by atoms with Gasteiger partial charge < -0.3 is 19.5 Å². The van der Waals surface area contributed by atoms with Gasteiger partial charge in [0.25, 0.3) is 0 Å². The molecule has 0 spiro atoms. The van der Waals surface area contributed by atoms with Crippen molar-refractivity contribution in [2.24, 2.45) is 0 Å². The predicted molar refractivity (Wildman–Crippen MR) is 77.4 cm³/mol. The highest BCUT2D eigenvalue weighted by molar-refractivity contribution is 5.43. The summed E-state index contributed by atoms with van der Waals surface area (Å²) in [6.07, 6.45) is 3.52. The van der Waals surface area contributed by atoms with Gasteiger partial charge in [-0.1, -0.05) is 0 Å². The smallest absolute Gasteiger partial charge is 0.124 e. The van der Waals surface area contributed by atoms with Gasteiger partial charge in [-0.15, -0.1) is 0 Å². The second kappa shape index (κ2) is 6.02. The molecule has 0 saturated carbocycles. The molecule has 4 heteroatoms. The van der Waals surface area contributed by atoms with Crippen molar-refractivity contribution in [3.63, 3.8) is 0 Å². The molecule has 1 aromatic rings. The Labute approximate surface area is 120 Å². The number of hydrogen-bond donors (Lipinski definition) is 1. The van der Waals surface area contributed by atoms with Crippen molar-refractivity contribution in [1.29, 1.82) is 0 Å². The van der Waals surface area contributed by atoms with Crippen LogP contribution in [0.25, 0.3) is 0 Å². The minimum atomic E-state index is 0.351. The van der Waals surface area contributed by atoms with Crippen molar-refractivity contribution >= 4 is 0 Å². The van der Waals surface area contributed by atoms with Gasteiger partial charge >= 0.3 is 0 Å². The molecule has 2 aliphatic rings. The Morgan fingerprint density at radius 1 is 1.25 bits per heavy atom. The van der Waals surface area contributed by atoms with E-state index in [4.69, 9.17) is 14.2 Å². The SMILES string of the molecule is COc1ccc2c(c1)C(NC1CCOC(C)C1)CCO2. The Morgan fingerprint density at radius 3 is 2.95 bits per heavy atom. The largest absolute Gasteiger partial charge is 0.497 e. The highest BCUT2D eigenvalue weighted by atomic mass is 16.5. The van der Waals surface area contributed by atoms with E-state index in [1.807, 2.05) is 12.1 Å². The van der Waals surface area contributed by atoms with Crippen molar-refractivity contribution in [1.82, 2.24) is 5.32 Å². The molecule has 110 valence electrons. The third-order valence-corrected chi connectivity index (χ3v) is 4.18. The molecule has 1 N–H and O–H groups in total. The first-order valence-electron chi connectivity index (χ1n) is 7.44. The summed E-state index contributed by atoms with van der Waals surface area (Å²) >= 11 is 0. The lowest BCUT2D eigenvalue weighted by atomic mass is 9.96. The number of methoxy groups -OCH3 is 1. The number of hydrogen-bond acceptors (Lipinski definition) is 4. The molecule has 1 aromatic carbocycles. The van der Waals surface area contributed by atoms with Gasteiger partial charge in [0.15, 0.2) is 0 Å². The number of nitrogens with one attached hydrogen (secondary N) is 1. The van der Waals surface area contributed by atoms with E-state index in [1.165, 1.54) is 5.56 Å². The van der Waals surface area contributed by atoms with Crippen molar-refractivity contribution in [3.8, 4) is 11.5 Å². The predicted octanol–water partition coefficient (Wildman–Crippen LogP) is 2.68. The summed E-state index contributed by atoms with van der Waals surface area (Å²) in [5.41, 5.74) is 1.22. The number of fused-ring (bicyclic) bond motifs is 1. The molecule has 4 nitrogen and oxygen atoms in total. The first-order chi connectivity index (χ1) is 9.76. The van der Waals surface area contributed by atoms with Crippen LogP contribution in [-0.2, 0) is 4.74 Å². The van der Waals surface area contributed by atoms with Crippen LogP contribution in [-0.4, -0.2) is 32.5 Å². The maximum atomic E-state index is 5.74. The molecule has 0 amide bonds. The molecule has 2 heterocycles. The average molecular weight is 277 g/mol. The lowest BCUT2D eigenvalue weighted by molar-refractivity contribution is 0.0102. The van der Waals surface area contributed by atoms with Crippen LogP contribution in [0.2, 0.25) is 0 Å². The Balaban J connectivity index is 1.75. The van der Waals surface area contributed by atoms with Crippen LogP contribution in [0.5, 0.6) is 11.5 Å². The van der Waals surface area contributed by atoms with E-state index in [2.05, 4.69) is 18.3 Å². The van der Waals surface area contributed by atoms with Gasteiger partial charge in [0.1, 0.15) is 11.5 Å². The Kier molecular flexibility index (Phi) is 4.13. The van der Waals surface area contributed by atoms with Crippen LogP contribution in [0.4, 0.5) is 0 Å². The van der Waals surface area contributed by atoms with Crippen molar-refractivity contribution in [2.75, 3.05) is 20.3 Å². The summed E-state index contributed by atoms with van der Waals surface area (Å²) in [5.74, 6) is 1.87. The van der Waals surface area contributed by atoms with Crippen LogP contribution >= 0.6 is 0 Å². The first-order valence-corrected chi connectivity index (χ1v) is 7.44. The molecule has 1 saturated heterocycles. The molecule has 0 aromatic heterocycles. The Hall–Kier alpha value is -1.26. The third-order valence-electron chi connectivity index (χ3n) is 4.18. The molecule has 3 unspecified atom stereocenters. The average Bonchev–Trinajstić information content (AvgIpc) is 2.47. The minimum Gasteiger partial charge on any atom is -0.497 e. The van der Waals surface area contributed by atoms with Crippen LogP contribution in [0.1, 0.15) is 37.8 Å². The molecule has 0 radical (unpaired) electrons. The van der Waals surface area contributed by atoms with Crippen molar-refractivity contribution in [2.45, 2.75) is 44.4 Å². The van der Waals surface area contributed by atoms with Gasteiger partial charge in [-0.2, -0.15) is 0 Å². The molecule has 0 aliphatic carbocycles. The quantitative estimate of drug-likeness (QED) is 0.922. The van der Waals surface area contributed by atoms with E-state index < -0.39 is 0 Å². The molecule has 0 bridgehead atoms. The molecular formula is C16H23NO3. The van der Waals surface area contributed by atoms with Crippen LogP contribution < -0.4 is 14.8 Å². The summed E-state index contributed by atoms with van der Waals surface area (Å²) in [7, 11) is 1.70. The Bertz CT molecular complexity index is 463. The normalized spacial score (nSPS) is 29.4. The summed E-state index contributed by atoms with van der Waals surface area (Å²) < 4.78 is 16.7. The number of ether oxygens (including phenoxy) is 3. The maximum Gasteiger partial charge on any atom is 0.124 e. The van der Waals surface area contributed by atoms with Gasteiger partial charge in [0, 0.05) is 30.7 Å². The van der Waals surface area contributed by atoms with Gasteiger partial charge in [0.05, 0.1) is 19.8 Å². The molecule has 3 rings (SSSR count). The summed E-state index contributed by atoms with van der Waals surface area (Å²) in [6.45, 7) is 3.78. The molecule has 2 aliphatic heterocycles. The topological polar surface area (TPSA) is 39.7 Å². The maximum absolute atomic E-state index is 5.74. The monoisotopic (exact) mass is 277 g/mol. The number of rotatable bonds is 3. The second-order valence-corrected chi connectivity index (χ2v) is 5.66. The van der Waals surface area contributed by atoms with E-state index >= 15 is 0 Å². The van der Waals surface area contributed by atoms with Gasteiger partial charge in [-0.25, -0.2) is 0 Å². The second-order valence-electron chi connectivity index (χ2n) is 5.66. The fourth-order valence-electron chi connectivity index (χ4n) is 3.11. The van der Waals surface area contributed by atoms with E-state index in [9.17, 15) is 0 Å². The van der Waals surface area contributed by atoms with Gasteiger partial charge in [0.2, 0.25) is 0 Å². The van der Waals surface area contributed by atoms with Crippen molar-refractivity contribution in [3.05, 3.63) is 23.8 Å². The van der Waals surface area contributed by atoms with Crippen LogP contribution in [0, 0.1) is 0 Å². The Morgan fingerprint density at radius 2 is 2.15 bits per heavy atom. The lowest BCUT2D eigenvalue weighted by Gasteiger charge is -2.34. The van der Waals surface area contributed by atoms with Gasteiger partial charge in [-0.3, -0.25) is 0 Å². The van der Waals surface area contributed by atoms with E-state index in [0.29, 0.717) is 18.2 Å². The highest BCUT2D eigenvalue weighted by Crippen LogP contribution is 2.35. The van der Waals surface area contributed by atoms with Crippen LogP contribution in [0.3, 0.4) is 0 Å². The van der Waals surface area contributed by atoms with Gasteiger partial charge in [-0.05, 0) is 38.0 Å². The summed E-state index contributed by atoms with van der Waals surface area (Å²) in [5, 5.41) is 3.78. The standard InChI is InChI=1S/C16H23NO3/c1-11-9-12(5-7-19-11)17-15-6-8-20-16-4-3-13(18-2)10-14(15)16/h3-4,10-12,15,17H,5-9H2,1-2H3. The lowest BCUT2D eigenvalue weighted by Crippen LogP contribution is -2.41. The minimum absolute atomic E-state index is 0.351. The molecule has 3 atom stereocenters. The van der Waals surface area contributed by atoms with Crippen molar-refractivity contribution < 1.29 is 14.2 Å². The first kappa shape index (κ1) is 13.7. The zero-order valence-corrected chi connectivity index (χ0v) is 12.2. The fourth-order valence-corrected chi connectivity index (χ4v) is 3.11. The van der Waals surface area contributed by atoms with E-state index in [-0.39, 0.29) is 0 Å². The molecule has 20 heavy (non-hydrogen) atoms. The summed E-state index contributed by atoms with van der Waals surface area (Å²) in [6, 6.07) is 6.94.